The molecule has 0 spiro atoms. The summed E-state index contributed by atoms with van der Waals surface area (Å²) in [6, 6.07) is 11.5. The number of nitrogens with zero attached hydrogens (tertiary/aromatic N) is 2. The van der Waals surface area contributed by atoms with Crippen molar-refractivity contribution < 1.29 is 4.79 Å². The minimum Gasteiger partial charge on any atom is -0.336 e. The minimum absolute atomic E-state index is 0.154. The van der Waals surface area contributed by atoms with Crippen molar-refractivity contribution in [2.75, 3.05) is 17.6 Å². The van der Waals surface area contributed by atoms with E-state index in [-0.39, 0.29) is 10.8 Å². The Morgan fingerprint density at radius 3 is 2.88 bits per heavy atom. The fraction of sp³-hybridized carbons (Fsp3) is 0.389. The summed E-state index contributed by atoms with van der Waals surface area (Å²) in [7, 11) is 0. The number of anilines is 1. The number of carbonyl (C=O) groups excluding carboxylic acids is 1. The molecule has 24 heavy (non-hydrogen) atoms. The molecule has 0 bridgehead atoms. The molecule has 0 unspecified atom stereocenters. The molecule has 0 saturated carbocycles. The van der Waals surface area contributed by atoms with Crippen LogP contribution in [0.15, 0.2) is 42.6 Å². The zero-order valence-corrected chi connectivity index (χ0v) is 14.6. The summed E-state index contributed by atoms with van der Waals surface area (Å²) >= 11 is 1.93. The Morgan fingerprint density at radius 1 is 1.29 bits per heavy atom. The van der Waals surface area contributed by atoms with E-state index in [1.54, 1.807) is 12.3 Å². The third-order valence-corrected chi connectivity index (χ3v) is 5.61. The van der Waals surface area contributed by atoms with Gasteiger partial charge in [-0.25, -0.2) is 14.8 Å². The first-order valence-electron chi connectivity index (χ1n) is 8.18. The third-order valence-electron chi connectivity index (χ3n) is 4.08. The van der Waals surface area contributed by atoms with Gasteiger partial charge in [0.15, 0.2) is 0 Å². The monoisotopic (exact) mass is 342 g/mol. The first kappa shape index (κ1) is 16.8. The molecule has 1 aliphatic heterocycles. The van der Waals surface area contributed by atoms with E-state index in [9.17, 15) is 4.79 Å². The summed E-state index contributed by atoms with van der Waals surface area (Å²) in [6.07, 6.45) is 4.69. The van der Waals surface area contributed by atoms with E-state index in [2.05, 4.69) is 27.5 Å². The number of carbonyl (C=O) groups is 1. The van der Waals surface area contributed by atoms with E-state index in [1.807, 2.05) is 42.1 Å². The summed E-state index contributed by atoms with van der Waals surface area (Å²) in [4.78, 5) is 20.8. The number of hydrogen-bond donors (Lipinski definition) is 2. The van der Waals surface area contributed by atoms with E-state index < -0.39 is 0 Å². The molecular formula is C18H22N4OS. The number of amides is 2. The van der Waals surface area contributed by atoms with Crippen molar-refractivity contribution in [3.63, 3.8) is 0 Å². The van der Waals surface area contributed by atoms with E-state index >= 15 is 0 Å². The predicted molar refractivity (Wildman–Crippen MR) is 98.4 cm³/mol. The molecule has 1 aliphatic rings. The lowest BCUT2D eigenvalue weighted by molar-refractivity contribution is 0.251. The van der Waals surface area contributed by atoms with Crippen LogP contribution in [0.25, 0.3) is 0 Å². The fourth-order valence-electron chi connectivity index (χ4n) is 2.74. The molecule has 5 nitrogen and oxygen atoms in total. The molecule has 1 saturated heterocycles. The van der Waals surface area contributed by atoms with Crippen LogP contribution >= 0.6 is 11.8 Å². The molecule has 0 radical (unpaired) electrons. The second-order valence-corrected chi connectivity index (χ2v) is 7.91. The highest BCUT2D eigenvalue weighted by Crippen LogP contribution is 2.36. The van der Waals surface area contributed by atoms with Gasteiger partial charge in [0.05, 0.1) is 0 Å². The van der Waals surface area contributed by atoms with Gasteiger partial charge in [-0.15, -0.1) is 0 Å². The van der Waals surface area contributed by atoms with Crippen LogP contribution in [0.1, 0.15) is 31.2 Å². The summed E-state index contributed by atoms with van der Waals surface area (Å²) in [5.41, 5.74) is 1.14. The van der Waals surface area contributed by atoms with Crippen molar-refractivity contribution in [1.29, 1.82) is 0 Å². The van der Waals surface area contributed by atoms with Crippen molar-refractivity contribution in [2.45, 2.75) is 30.9 Å². The van der Waals surface area contributed by atoms with Gasteiger partial charge in [0.25, 0.3) is 0 Å². The first-order valence-corrected chi connectivity index (χ1v) is 9.16. The number of rotatable bonds is 5. The van der Waals surface area contributed by atoms with Crippen LogP contribution in [0.4, 0.5) is 10.6 Å². The summed E-state index contributed by atoms with van der Waals surface area (Å²) in [5, 5.41) is 5.75. The molecule has 1 aromatic heterocycles. The summed E-state index contributed by atoms with van der Waals surface area (Å²) in [6.45, 7) is 2.87. The molecular weight excluding hydrogens is 320 g/mol. The molecule has 6 heteroatoms. The van der Waals surface area contributed by atoms with Crippen LogP contribution in [0.3, 0.4) is 0 Å². The fourth-order valence-corrected chi connectivity index (χ4v) is 3.98. The maximum Gasteiger partial charge on any atom is 0.320 e. The van der Waals surface area contributed by atoms with Gasteiger partial charge in [0.2, 0.25) is 0 Å². The smallest absolute Gasteiger partial charge is 0.320 e. The lowest BCUT2D eigenvalue weighted by Crippen LogP contribution is -2.39. The van der Waals surface area contributed by atoms with Crippen molar-refractivity contribution in [3.05, 3.63) is 54.0 Å². The Balaban J connectivity index is 1.55. The molecule has 1 atom stereocenters. The molecule has 2 aromatic rings. The molecule has 2 amide bonds. The average molecular weight is 342 g/mol. The van der Waals surface area contributed by atoms with E-state index in [0.29, 0.717) is 24.6 Å². The van der Waals surface area contributed by atoms with Crippen LogP contribution < -0.4 is 10.6 Å². The molecule has 1 aromatic carbocycles. The Hall–Kier alpha value is -2.08. The number of thioether (sulfide) groups is 1. The van der Waals surface area contributed by atoms with Crippen LogP contribution in [-0.2, 0) is 6.42 Å². The molecule has 1 fully saturated rings. The van der Waals surface area contributed by atoms with Crippen molar-refractivity contribution in [3.8, 4) is 0 Å². The average Bonchev–Trinajstić information content (AvgIpc) is 3.02. The van der Waals surface area contributed by atoms with Gasteiger partial charge in [-0.1, -0.05) is 30.3 Å². The summed E-state index contributed by atoms with van der Waals surface area (Å²) < 4.78 is 0.154. The minimum atomic E-state index is -0.215. The van der Waals surface area contributed by atoms with Crippen LogP contribution in [0.2, 0.25) is 0 Å². The lowest BCUT2D eigenvalue weighted by atomic mass is 10.1. The van der Waals surface area contributed by atoms with Gasteiger partial charge >= 0.3 is 6.03 Å². The zero-order valence-electron chi connectivity index (χ0n) is 13.8. The molecule has 0 aliphatic carbocycles. The highest BCUT2D eigenvalue weighted by Gasteiger charge is 2.29. The molecule has 2 heterocycles. The maximum atomic E-state index is 12.1. The standard InChI is InChI=1S/C18H22N4OS/c1-18(9-5-11-24-18)13-20-17(23)22-15-8-10-19-16(21-15)12-14-6-3-2-4-7-14/h2-4,6-8,10H,5,9,11-13H2,1H3,(H2,19,20,21,22,23)/t18-/m0/s1. The first-order chi connectivity index (χ1) is 11.6. The Bertz CT molecular complexity index is 686. The van der Waals surface area contributed by atoms with Gasteiger partial charge in [-0.2, -0.15) is 11.8 Å². The SMILES string of the molecule is C[C@@]1(CNC(=O)Nc2ccnc(Cc3ccccc3)n2)CCCS1. The number of urea groups is 1. The van der Waals surface area contributed by atoms with Gasteiger partial charge in [0.1, 0.15) is 11.6 Å². The van der Waals surface area contributed by atoms with E-state index in [1.165, 1.54) is 12.2 Å². The second-order valence-electron chi connectivity index (χ2n) is 6.23. The quantitative estimate of drug-likeness (QED) is 0.873. The Kier molecular flexibility index (Phi) is 5.35. The molecule has 3 rings (SSSR count). The maximum absolute atomic E-state index is 12.1. The third kappa shape index (κ3) is 4.71. The topological polar surface area (TPSA) is 66.9 Å². The van der Waals surface area contributed by atoms with Crippen LogP contribution in [-0.4, -0.2) is 33.0 Å². The van der Waals surface area contributed by atoms with Crippen LogP contribution in [0, 0.1) is 0 Å². The number of hydrogen-bond acceptors (Lipinski definition) is 4. The Morgan fingerprint density at radius 2 is 2.12 bits per heavy atom. The second kappa shape index (κ2) is 7.66. The number of nitrogens with one attached hydrogen (secondary N) is 2. The number of benzene rings is 1. The molecule has 126 valence electrons. The largest absolute Gasteiger partial charge is 0.336 e. The predicted octanol–water partition coefficient (Wildman–Crippen LogP) is 3.47. The van der Waals surface area contributed by atoms with Gasteiger partial charge in [0, 0.05) is 23.9 Å². The Labute approximate surface area is 146 Å². The van der Waals surface area contributed by atoms with Gasteiger partial charge < -0.3 is 5.32 Å². The molecule has 2 N–H and O–H groups in total. The zero-order chi connectivity index (χ0) is 16.8. The lowest BCUT2D eigenvalue weighted by Gasteiger charge is -2.22. The van der Waals surface area contributed by atoms with Gasteiger partial charge in [-0.3, -0.25) is 5.32 Å². The highest BCUT2D eigenvalue weighted by atomic mass is 32.2. The van der Waals surface area contributed by atoms with E-state index in [4.69, 9.17) is 0 Å². The normalized spacial score (nSPS) is 19.9. The van der Waals surface area contributed by atoms with Crippen LogP contribution in [0.5, 0.6) is 0 Å². The van der Waals surface area contributed by atoms with Gasteiger partial charge in [-0.05, 0) is 37.1 Å². The number of aromatic nitrogens is 2. The highest BCUT2D eigenvalue weighted by molar-refractivity contribution is 8.00. The van der Waals surface area contributed by atoms with Crippen molar-refractivity contribution >= 4 is 23.6 Å². The van der Waals surface area contributed by atoms with Crippen molar-refractivity contribution in [1.82, 2.24) is 15.3 Å². The summed E-state index contributed by atoms with van der Waals surface area (Å²) in [5.74, 6) is 2.39. The van der Waals surface area contributed by atoms with Crippen molar-refractivity contribution in [2.24, 2.45) is 0 Å². The van der Waals surface area contributed by atoms with E-state index in [0.717, 1.165) is 12.0 Å².